The third kappa shape index (κ3) is 5.27. The van der Waals surface area contributed by atoms with E-state index < -0.39 is 0 Å². The summed E-state index contributed by atoms with van der Waals surface area (Å²) in [5.74, 6) is 0.791. The van der Waals surface area contributed by atoms with Crippen LogP contribution in [0.1, 0.15) is 72.1 Å². The molecule has 2 heteroatoms. The van der Waals surface area contributed by atoms with Crippen LogP contribution in [0, 0.1) is 5.92 Å². The Morgan fingerprint density at radius 1 is 1.06 bits per heavy atom. The SMILES string of the molecule is CCCNC(CCC)C(OCC)C1CCCCC1. The lowest BCUT2D eigenvalue weighted by atomic mass is 9.81. The maximum Gasteiger partial charge on any atom is 0.0755 e. The van der Waals surface area contributed by atoms with Crippen LogP contribution in [0.3, 0.4) is 0 Å². The molecule has 108 valence electrons. The van der Waals surface area contributed by atoms with Crippen LogP contribution in [0.5, 0.6) is 0 Å². The minimum atomic E-state index is 0.446. The van der Waals surface area contributed by atoms with Gasteiger partial charge in [-0.05, 0) is 45.1 Å². The molecule has 0 spiro atoms. The molecule has 1 saturated carbocycles. The smallest absolute Gasteiger partial charge is 0.0755 e. The molecule has 18 heavy (non-hydrogen) atoms. The van der Waals surface area contributed by atoms with Crippen LogP contribution in [-0.4, -0.2) is 25.3 Å². The summed E-state index contributed by atoms with van der Waals surface area (Å²) >= 11 is 0. The topological polar surface area (TPSA) is 21.3 Å². The molecule has 1 N–H and O–H groups in total. The fraction of sp³-hybridized carbons (Fsp3) is 1.00. The summed E-state index contributed by atoms with van der Waals surface area (Å²) in [4.78, 5) is 0. The van der Waals surface area contributed by atoms with Gasteiger partial charge in [-0.25, -0.2) is 0 Å². The van der Waals surface area contributed by atoms with E-state index in [-0.39, 0.29) is 0 Å². The molecule has 0 aliphatic heterocycles. The average Bonchev–Trinajstić information content (AvgIpc) is 2.42. The van der Waals surface area contributed by atoms with Gasteiger partial charge in [-0.15, -0.1) is 0 Å². The van der Waals surface area contributed by atoms with Gasteiger partial charge in [0.15, 0.2) is 0 Å². The molecule has 0 aromatic carbocycles. The minimum Gasteiger partial charge on any atom is -0.377 e. The zero-order valence-corrected chi connectivity index (χ0v) is 12.7. The highest BCUT2D eigenvalue weighted by Crippen LogP contribution is 2.30. The van der Waals surface area contributed by atoms with E-state index in [1.807, 2.05) is 0 Å². The van der Waals surface area contributed by atoms with Gasteiger partial charge in [-0.3, -0.25) is 0 Å². The van der Waals surface area contributed by atoms with Crippen molar-refractivity contribution < 1.29 is 4.74 Å². The molecule has 2 atom stereocenters. The Labute approximate surface area is 114 Å². The van der Waals surface area contributed by atoms with E-state index in [0.29, 0.717) is 12.1 Å². The molecular weight excluding hydrogens is 222 g/mol. The van der Waals surface area contributed by atoms with E-state index in [0.717, 1.165) is 19.1 Å². The van der Waals surface area contributed by atoms with Crippen molar-refractivity contribution in [1.82, 2.24) is 5.32 Å². The van der Waals surface area contributed by atoms with Gasteiger partial charge in [0, 0.05) is 12.6 Å². The summed E-state index contributed by atoms with van der Waals surface area (Å²) in [5.41, 5.74) is 0. The molecule has 0 aromatic heterocycles. The van der Waals surface area contributed by atoms with E-state index >= 15 is 0 Å². The predicted molar refractivity (Wildman–Crippen MR) is 79.0 cm³/mol. The van der Waals surface area contributed by atoms with Gasteiger partial charge >= 0.3 is 0 Å². The molecule has 0 saturated heterocycles. The number of rotatable bonds is 9. The Bertz CT molecular complexity index is 190. The van der Waals surface area contributed by atoms with Crippen LogP contribution in [0.15, 0.2) is 0 Å². The number of hydrogen-bond donors (Lipinski definition) is 1. The fourth-order valence-electron chi connectivity index (χ4n) is 3.26. The van der Waals surface area contributed by atoms with Crippen molar-refractivity contribution in [3.05, 3.63) is 0 Å². The molecule has 2 nitrogen and oxygen atoms in total. The second-order valence-corrected chi connectivity index (χ2v) is 5.67. The Morgan fingerprint density at radius 2 is 1.78 bits per heavy atom. The third-order valence-electron chi connectivity index (χ3n) is 4.13. The molecule has 0 bridgehead atoms. The van der Waals surface area contributed by atoms with Crippen molar-refractivity contribution in [2.75, 3.05) is 13.2 Å². The molecule has 2 unspecified atom stereocenters. The largest absolute Gasteiger partial charge is 0.377 e. The summed E-state index contributed by atoms with van der Waals surface area (Å²) in [6, 6.07) is 0.568. The van der Waals surface area contributed by atoms with Crippen molar-refractivity contribution >= 4 is 0 Å². The van der Waals surface area contributed by atoms with Gasteiger partial charge in [0.05, 0.1) is 6.10 Å². The van der Waals surface area contributed by atoms with Crippen molar-refractivity contribution in [3.63, 3.8) is 0 Å². The lowest BCUT2D eigenvalue weighted by molar-refractivity contribution is -0.0194. The number of ether oxygens (including phenoxy) is 1. The summed E-state index contributed by atoms with van der Waals surface area (Å²) in [6.45, 7) is 8.64. The zero-order chi connectivity index (χ0) is 13.2. The van der Waals surface area contributed by atoms with Crippen LogP contribution in [0.2, 0.25) is 0 Å². The van der Waals surface area contributed by atoms with Crippen LogP contribution < -0.4 is 5.32 Å². The van der Waals surface area contributed by atoms with Gasteiger partial charge in [0.1, 0.15) is 0 Å². The van der Waals surface area contributed by atoms with E-state index in [1.165, 1.54) is 51.4 Å². The predicted octanol–water partition coefficient (Wildman–Crippen LogP) is 4.14. The Kier molecular flexibility index (Phi) is 8.70. The molecule has 1 fully saturated rings. The van der Waals surface area contributed by atoms with Crippen LogP contribution in [-0.2, 0) is 4.74 Å². The van der Waals surface area contributed by atoms with Gasteiger partial charge in [0.2, 0.25) is 0 Å². The lowest BCUT2D eigenvalue weighted by Gasteiger charge is -2.36. The highest BCUT2D eigenvalue weighted by molar-refractivity contribution is 4.84. The van der Waals surface area contributed by atoms with E-state index in [1.54, 1.807) is 0 Å². The van der Waals surface area contributed by atoms with Crippen molar-refractivity contribution in [2.45, 2.75) is 84.3 Å². The maximum atomic E-state index is 6.13. The molecule has 0 aromatic rings. The van der Waals surface area contributed by atoms with Gasteiger partial charge in [-0.1, -0.05) is 39.5 Å². The third-order valence-corrected chi connectivity index (χ3v) is 4.13. The highest BCUT2D eigenvalue weighted by atomic mass is 16.5. The van der Waals surface area contributed by atoms with E-state index in [2.05, 4.69) is 26.1 Å². The number of hydrogen-bond acceptors (Lipinski definition) is 2. The van der Waals surface area contributed by atoms with E-state index in [4.69, 9.17) is 4.74 Å². The first-order valence-corrected chi connectivity index (χ1v) is 8.18. The molecule has 1 aliphatic carbocycles. The Hall–Kier alpha value is -0.0800. The Morgan fingerprint density at radius 3 is 2.33 bits per heavy atom. The molecule has 0 heterocycles. The standard InChI is InChI=1S/C16H33NO/c1-4-10-15(17-13-5-2)16(18-6-3)14-11-8-7-9-12-14/h14-17H,4-13H2,1-3H3. The van der Waals surface area contributed by atoms with Crippen LogP contribution >= 0.6 is 0 Å². The first-order chi connectivity index (χ1) is 8.83. The molecule has 0 amide bonds. The average molecular weight is 255 g/mol. The molecule has 1 aliphatic rings. The minimum absolute atomic E-state index is 0.446. The first-order valence-electron chi connectivity index (χ1n) is 8.18. The van der Waals surface area contributed by atoms with Crippen molar-refractivity contribution in [2.24, 2.45) is 5.92 Å². The summed E-state index contributed by atoms with van der Waals surface area (Å²) in [7, 11) is 0. The van der Waals surface area contributed by atoms with E-state index in [9.17, 15) is 0 Å². The van der Waals surface area contributed by atoms with Crippen molar-refractivity contribution in [3.8, 4) is 0 Å². The van der Waals surface area contributed by atoms with Gasteiger partial charge in [0.25, 0.3) is 0 Å². The second-order valence-electron chi connectivity index (χ2n) is 5.67. The first kappa shape index (κ1) is 16.0. The normalized spacial score (nSPS) is 20.8. The summed E-state index contributed by atoms with van der Waals surface area (Å²) in [5, 5.41) is 3.73. The Balaban J connectivity index is 2.57. The second kappa shape index (κ2) is 9.80. The van der Waals surface area contributed by atoms with Gasteiger partial charge in [-0.2, -0.15) is 0 Å². The monoisotopic (exact) mass is 255 g/mol. The maximum absolute atomic E-state index is 6.13. The highest BCUT2D eigenvalue weighted by Gasteiger charge is 2.30. The molecule has 0 radical (unpaired) electrons. The zero-order valence-electron chi connectivity index (χ0n) is 12.7. The quantitative estimate of drug-likeness (QED) is 0.668. The fourth-order valence-corrected chi connectivity index (χ4v) is 3.26. The molecular formula is C16H33NO. The molecule has 1 rings (SSSR count). The van der Waals surface area contributed by atoms with Crippen LogP contribution in [0.4, 0.5) is 0 Å². The van der Waals surface area contributed by atoms with Gasteiger partial charge < -0.3 is 10.1 Å². The van der Waals surface area contributed by atoms with Crippen molar-refractivity contribution in [1.29, 1.82) is 0 Å². The summed E-state index contributed by atoms with van der Waals surface area (Å²) < 4.78 is 6.13. The summed E-state index contributed by atoms with van der Waals surface area (Å²) in [6.07, 6.45) is 11.1. The lowest BCUT2D eigenvalue weighted by Crippen LogP contribution is -2.46. The number of nitrogens with one attached hydrogen (secondary N) is 1. The van der Waals surface area contributed by atoms with Crippen LogP contribution in [0.25, 0.3) is 0 Å².